The van der Waals surface area contributed by atoms with Crippen molar-refractivity contribution in [3.05, 3.63) is 18.5 Å². The largest absolute Gasteiger partial charge is 0.494 e. The van der Waals surface area contributed by atoms with Crippen molar-refractivity contribution in [3.8, 4) is 5.75 Å². The number of ether oxygens (including phenoxy) is 1. The van der Waals surface area contributed by atoms with Gasteiger partial charge in [0, 0.05) is 18.7 Å². The normalized spacial score (nSPS) is 8.78. The van der Waals surface area contributed by atoms with Gasteiger partial charge in [0.05, 0.1) is 13.3 Å². The lowest BCUT2D eigenvalue weighted by molar-refractivity contribution is -0.116. The second kappa shape index (κ2) is 11.1. The van der Waals surface area contributed by atoms with E-state index >= 15 is 0 Å². The van der Waals surface area contributed by atoms with Crippen molar-refractivity contribution >= 4 is 36.4 Å². The molecule has 18 heavy (non-hydrogen) atoms. The van der Waals surface area contributed by atoms with E-state index in [0.717, 1.165) is 13.0 Å². The number of nitrogens with zero attached hydrogens (tertiary/aromatic N) is 1. The maximum Gasteiger partial charge on any atom is 0.224 e. The molecule has 0 aliphatic rings. The fourth-order valence-corrected chi connectivity index (χ4v) is 1.29. The highest BCUT2D eigenvalue weighted by Crippen LogP contribution is 2.21. The van der Waals surface area contributed by atoms with Crippen LogP contribution in [0.5, 0.6) is 5.75 Å². The van der Waals surface area contributed by atoms with Gasteiger partial charge in [-0.1, -0.05) is 0 Å². The Morgan fingerprint density at radius 1 is 1.44 bits per heavy atom. The van der Waals surface area contributed by atoms with Crippen LogP contribution in [-0.2, 0) is 4.79 Å². The van der Waals surface area contributed by atoms with Gasteiger partial charge in [-0.05, 0) is 20.0 Å². The van der Waals surface area contributed by atoms with Gasteiger partial charge in [0.2, 0.25) is 5.91 Å². The lowest BCUT2D eigenvalue weighted by atomic mass is 10.3. The van der Waals surface area contributed by atoms with Crippen LogP contribution >= 0.6 is 24.8 Å². The van der Waals surface area contributed by atoms with E-state index < -0.39 is 0 Å². The molecule has 0 aromatic carbocycles. The molecule has 0 aliphatic carbocycles. The number of pyridine rings is 1. The average Bonchev–Trinajstić information content (AvgIpc) is 2.30. The van der Waals surface area contributed by atoms with Crippen LogP contribution < -0.4 is 15.4 Å². The molecule has 0 saturated carbocycles. The SMILES string of the molecule is CNCCCC(=O)Nc1cnccc1OC.Cl.Cl. The van der Waals surface area contributed by atoms with Gasteiger partial charge < -0.3 is 15.4 Å². The van der Waals surface area contributed by atoms with Gasteiger partial charge in [0.15, 0.2) is 0 Å². The molecule has 0 bridgehead atoms. The molecule has 0 spiro atoms. The number of nitrogens with one attached hydrogen (secondary N) is 2. The Kier molecular flexibility index (Phi) is 11.9. The van der Waals surface area contributed by atoms with Crippen molar-refractivity contribution < 1.29 is 9.53 Å². The number of aromatic nitrogens is 1. The van der Waals surface area contributed by atoms with Crippen LogP contribution in [0.25, 0.3) is 0 Å². The van der Waals surface area contributed by atoms with E-state index in [-0.39, 0.29) is 30.7 Å². The van der Waals surface area contributed by atoms with Crippen LogP contribution in [0.3, 0.4) is 0 Å². The first kappa shape index (κ1) is 19.3. The van der Waals surface area contributed by atoms with Crippen LogP contribution in [0.4, 0.5) is 5.69 Å². The lowest BCUT2D eigenvalue weighted by Gasteiger charge is -2.08. The Morgan fingerprint density at radius 2 is 2.17 bits per heavy atom. The minimum atomic E-state index is -0.0263. The third-order valence-electron chi connectivity index (χ3n) is 2.11. The van der Waals surface area contributed by atoms with Crippen LogP contribution in [0.2, 0.25) is 0 Å². The van der Waals surface area contributed by atoms with Gasteiger partial charge in [-0.3, -0.25) is 9.78 Å². The molecule has 5 nitrogen and oxygen atoms in total. The van der Waals surface area contributed by atoms with Crippen molar-refractivity contribution in [2.45, 2.75) is 12.8 Å². The molecule has 1 aromatic rings. The zero-order valence-electron chi connectivity index (χ0n) is 10.4. The Morgan fingerprint density at radius 3 is 2.78 bits per heavy atom. The van der Waals surface area contributed by atoms with Gasteiger partial charge in [-0.2, -0.15) is 0 Å². The monoisotopic (exact) mass is 295 g/mol. The molecule has 0 radical (unpaired) electrons. The Hall–Kier alpha value is -1.04. The van der Waals surface area contributed by atoms with Crippen molar-refractivity contribution in [1.82, 2.24) is 10.3 Å². The van der Waals surface area contributed by atoms with E-state index in [2.05, 4.69) is 15.6 Å². The number of anilines is 1. The van der Waals surface area contributed by atoms with E-state index in [9.17, 15) is 4.79 Å². The highest BCUT2D eigenvalue weighted by atomic mass is 35.5. The van der Waals surface area contributed by atoms with Gasteiger partial charge in [-0.25, -0.2) is 0 Å². The summed E-state index contributed by atoms with van der Waals surface area (Å²) in [5.74, 6) is 0.596. The molecule has 104 valence electrons. The summed E-state index contributed by atoms with van der Waals surface area (Å²) in [7, 11) is 3.42. The highest BCUT2D eigenvalue weighted by molar-refractivity contribution is 5.91. The van der Waals surface area contributed by atoms with Gasteiger partial charge >= 0.3 is 0 Å². The first-order valence-electron chi connectivity index (χ1n) is 5.20. The Bertz CT molecular complexity index is 351. The molecule has 0 saturated heterocycles. The van der Waals surface area contributed by atoms with Crippen molar-refractivity contribution in [2.75, 3.05) is 26.0 Å². The topological polar surface area (TPSA) is 63.2 Å². The summed E-state index contributed by atoms with van der Waals surface area (Å²) in [6.07, 6.45) is 4.49. The Labute approximate surface area is 120 Å². The molecule has 0 fully saturated rings. The summed E-state index contributed by atoms with van der Waals surface area (Å²) >= 11 is 0. The zero-order valence-corrected chi connectivity index (χ0v) is 12.1. The predicted molar refractivity (Wildman–Crippen MR) is 77.1 cm³/mol. The minimum Gasteiger partial charge on any atom is -0.494 e. The third-order valence-corrected chi connectivity index (χ3v) is 2.11. The summed E-state index contributed by atoms with van der Waals surface area (Å²) in [4.78, 5) is 15.5. The fourth-order valence-electron chi connectivity index (χ4n) is 1.29. The summed E-state index contributed by atoms with van der Waals surface area (Å²) in [5.41, 5.74) is 0.611. The van der Waals surface area contributed by atoms with Crippen molar-refractivity contribution in [2.24, 2.45) is 0 Å². The molecule has 0 atom stereocenters. The quantitative estimate of drug-likeness (QED) is 0.787. The predicted octanol–water partition coefficient (Wildman–Crippen LogP) is 1.87. The number of carbonyl (C=O) groups is 1. The summed E-state index contributed by atoms with van der Waals surface area (Å²) in [6, 6.07) is 1.71. The number of hydrogen-bond acceptors (Lipinski definition) is 4. The summed E-state index contributed by atoms with van der Waals surface area (Å²) in [5, 5.41) is 5.76. The lowest BCUT2D eigenvalue weighted by Crippen LogP contribution is -2.15. The molecule has 0 aliphatic heterocycles. The van der Waals surface area contributed by atoms with Crippen molar-refractivity contribution in [3.63, 3.8) is 0 Å². The molecule has 1 heterocycles. The molecule has 1 aromatic heterocycles. The first-order valence-corrected chi connectivity index (χ1v) is 5.20. The number of carbonyl (C=O) groups excluding carboxylic acids is 1. The molecule has 1 amide bonds. The minimum absolute atomic E-state index is 0. The van der Waals surface area contributed by atoms with Crippen LogP contribution in [-0.4, -0.2) is 31.6 Å². The average molecular weight is 296 g/mol. The number of rotatable bonds is 6. The van der Waals surface area contributed by atoms with E-state index in [1.54, 1.807) is 25.6 Å². The van der Waals surface area contributed by atoms with Gasteiger partial charge in [0.1, 0.15) is 11.4 Å². The second-order valence-corrected chi connectivity index (χ2v) is 3.33. The summed E-state index contributed by atoms with van der Waals surface area (Å²) < 4.78 is 5.10. The van der Waals surface area contributed by atoms with Gasteiger partial charge in [-0.15, -0.1) is 24.8 Å². The maximum absolute atomic E-state index is 11.5. The standard InChI is InChI=1S/C11H17N3O2.2ClH/c1-12-6-3-4-11(15)14-9-8-13-7-5-10(9)16-2;;/h5,7-8,12H,3-4,6H2,1-2H3,(H,14,15);2*1H. The molecule has 7 heteroatoms. The van der Waals surface area contributed by atoms with E-state index in [4.69, 9.17) is 4.74 Å². The van der Waals surface area contributed by atoms with Crippen molar-refractivity contribution in [1.29, 1.82) is 0 Å². The van der Waals surface area contributed by atoms with Crippen LogP contribution in [0, 0.1) is 0 Å². The van der Waals surface area contributed by atoms with E-state index in [0.29, 0.717) is 17.9 Å². The highest BCUT2D eigenvalue weighted by Gasteiger charge is 2.06. The Balaban J connectivity index is 0. The number of halogens is 2. The van der Waals surface area contributed by atoms with E-state index in [1.807, 2.05) is 7.05 Å². The zero-order chi connectivity index (χ0) is 11.8. The molecular formula is C11H19Cl2N3O2. The van der Waals surface area contributed by atoms with Crippen LogP contribution in [0.1, 0.15) is 12.8 Å². The number of hydrogen-bond donors (Lipinski definition) is 2. The summed E-state index contributed by atoms with van der Waals surface area (Å²) in [6.45, 7) is 0.831. The number of amides is 1. The smallest absolute Gasteiger partial charge is 0.224 e. The second-order valence-electron chi connectivity index (χ2n) is 3.33. The molecule has 0 unspecified atom stereocenters. The fraction of sp³-hybridized carbons (Fsp3) is 0.455. The maximum atomic E-state index is 11.5. The molecular weight excluding hydrogens is 277 g/mol. The molecule has 1 rings (SSSR count). The third kappa shape index (κ3) is 6.64. The van der Waals surface area contributed by atoms with E-state index in [1.165, 1.54) is 0 Å². The number of methoxy groups -OCH3 is 1. The molecule has 2 N–H and O–H groups in total. The van der Waals surface area contributed by atoms with Crippen LogP contribution in [0.15, 0.2) is 18.5 Å². The van der Waals surface area contributed by atoms with Gasteiger partial charge in [0.25, 0.3) is 0 Å². The first-order chi connectivity index (χ1) is 7.77.